The van der Waals surface area contributed by atoms with Crippen LogP contribution in [-0.4, -0.2) is 48.4 Å². The van der Waals surface area contributed by atoms with Crippen molar-refractivity contribution in [1.29, 1.82) is 0 Å². The Bertz CT molecular complexity index is 649. The average molecular weight is 332 g/mol. The predicted molar refractivity (Wildman–Crippen MR) is 82.4 cm³/mol. The lowest BCUT2D eigenvalue weighted by atomic mass is 10.1. The predicted octanol–water partition coefficient (Wildman–Crippen LogP) is 1.36. The molecule has 1 saturated heterocycles. The van der Waals surface area contributed by atoms with Gasteiger partial charge in [-0.2, -0.15) is 11.8 Å². The molecule has 8 heteroatoms. The molecule has 1 aliphatic heterocycles. The van der Waals surface area contributed by atoms with Crippen molar-refractivity contribution in [1.82, 2.24) is 4.90 Å². The van der Waals surface area contributed by atoms with Crippen molar-refractivity contribution < 1.29 is 17.6 Å². The fourth-order valence-corrected chi connectivity index (χ4v) is 5.13. The summed E-state index contributed by atoms with van der Waals surface area (Å²) in [5.41, 5.74) is 5.53. The van der Waals surface area contributed by atoms with Crippen LogP contribution < -0.4 is 5.73 Å². The van der Waals surface area contributed by atoms with E-state index in [1.165, 1.54) is 28.8 Å². The number of thioether (sulfide) groups is 1. The van der Waals surface area contributed by atoms with E-state index in [2.05, 4.69) is 0 Å². The fraction of sp³-hybridized carbons (Fsp3) is 0.462. The highest BCUT2D eigenvalue weighted by atomic mass is 32.2. The van der Waals surface area contributed by atoms with Crippen LogP contribution in [0.5, 0.6) is 0 Å². The first-order valence-corrected chi connectivity index (χ1v) is 9.39. The van der Waals surface area contributed by atoms with E-state index in [4.69, 9.17) is 5.73 Å². The number of anilines is 1. The van der Waals surface area contributed by atoms with Crippen LogP contribution in [0.1, 0.15) is 17.3 Å². The Morgan fingerprint density at radius 3 is 2.86 bits per heavy atom. The van der Waals surface area contributed by atoms with E-state index in [0.29, 0.717) is 11.5 Å². The lowest BCUT2D eigenvalue weighted by Gasteiger charge is -2.34. The van der Waals surface area contributed by atoms with Crippen molar-refractivity contribution in [2.45, 2.75) is 12.3 Å². The summed E-state index contributed by atoms with van der Waals surface area (Å²) in [6.07, 6.45) is 0. The molecule has 1 unspecified atom stereocenters. The molecule has 116 valence electrons. The quantitative estimate of drug-likeness (QED) is 0.845. The number of sulfone groups is 1. The first kappa shape index (κ1) is 16.1. The third kappa shape index (κ3) is 3.32. The van der Waals surface area contributed by atoms with Gasteiger partial charge in [-0.15, -0.1) is 0 Å². The third-order valence-corrected chi connectivity index (χ3v) is 6.67. The second-order valence-corrected chi connectivity index (χ2v) is 8.32. The molecule has 1 atom stereocenters. The highest BCUT2D eigenvalue weighted by Crippen LogP contribution is 2.24. The molecule has 1 aliphatic rings. The molecule has 0 aliphatic carbocycles. The molecule has 2 N–H and O–H groups in total. The van der Waals surface area contributed by atoms with Gasteiger partial charge in [0.15, 0.2) is 9.84 Å². The Kier molecular flexibility index (Phi) is 4.77. The van der Waals surface area contributed by atoms with Gasteiger partial charge in [-0.1, -0.05) is 6.92 Å². The highest BCUT2D eigenvalue weighted by molar-refractivity contribution is 8.01. The summed E-state index contributed by atoms with van der Waals surface area (Å²) < 4.78 is 38.1. The maximum absolute atomic E-state index is 13.9. The Balaban J connectivity index is 2.35. The van der Waals surface area contributed by atoms with Crippen LogP contribution in [-0.2, 0) is 9.84 Å². The average Bonchev–Trinajstić information content (AvgIpc) is 2.46. The topological polar surface area (TPSA) is 80.5 Å². The fourth-order valence-electron chi connectivity index (χ4n) is 2.16. The molecular weight excluding hydrogens is 315 g/mol. The molecule has 5 nitrogen and oxygen atoms in total. The van der Waals surface area contributed by atoms with Gasteiger partial charge in [0.1, 0.15) is 11.2 Å². The van der Waals surface area contributed by atoms with Gasteiger partial charge in [-0.25, -0.2) is 12.8 Å². The summed E-state index contributed by atoms with van der Waals surface area (Å²) in [7, 11) is -3.41. The summed E-state index contributed by atoms with van der Waals surface area (Å²) in [4.78, 5) is 13.7. The van der Waals surface area contributed by atoms with Crippen molar-refractivity contribution in [3.8, 4) is 0 Å². The van der Waals surface area contributed by atoms with Crippen molar-refractivity contribution in [3.05, 3.63) is 29.6 Å². The van der Waals surface area contributed by atoms with Crippen LogP contribution in [0.3, 0.4) is 0 Å². The van der Waals surface area contributed by atoms with E-state index in [9.17, 15) is 17.6 Å². The van der Waals surface area contributed by atoms with Gasteiger partial charge in [0.25, 0.3) is 5.91 Å². The lowest BCUT2D eigenvalue weighted by molar-refractivity contribution is 0.0744. The summed E-state index contributed by atoms with van der Waals surface area (Å²) >= 11 is 1.48. The number of carbonyl (C=O) groups excluding carboxylic acids is 1. The van der Waals surface area contributed by atoms with E-state index < -0.39 is 26.9 Å². The summed E-state index contributed by atoms with van der Waals surface area (Å²) in [6, 6.07) is 3.79. The molecule has 0 spiro atoms. The van der Waals surface area contributed by atoms with E-state index in [1.54, 1.807) is 6.92 Å². The second kappa shape index (κ2) is 6.23. The molecule has 0 radical (unpaired) electrons. The summed E-state index contributed by atoms with van der Waals surface area (Å²) in [5, 5.41) is -0.897. The number of nitrogen functional groups attached to an aromatic ring is 1. The number of nitrogens with zero attached hydrogens (tertiary/aromatic N) is 1. The minimum Gasteiger partial charge on any atom is -0.399 e. The molecule has 0 aromatic heterocycles. The number of hydrogen-bond donors (Lipinski definition) is 1. The number of amides is 1. The standard InChI is InChI=1S/C13H17FN2O3S2/c1-2-21(18,19)12-8-20-6-5-16(12)13(17)10-4-3-9(15)7-11(10)14/h3-4,7,12H,2,5-6,8,15H2,1H3. The van der Waals surface area contributed by atoms with Crippen LogP contribution in [0, 0.1) is 5.82 Å². The zero-order valence-electron chi connectivity index (χ0n) is 11.6. The Hall–Kier alpha value is -1.28. The third-order valence-electron chi connectivity index (χ3n) is 3.39. The zero-order chi connectivity index (χ0) is 15.6. The maximum atomic E-state index is 13.9. The minimum absolute atomic E-state index is 0.0494. The Morgan fingerprint density at radius 2 is 2.24 bits per heavy atom. The van der Waals surface area contributed by atoms with Crippen molar-refractivity contribution >= 4 is 33.2 Å². The van der Waals surface area contributed by atoms with Gasteiger partial charge >= 0.3 is 0 Å². The monoisotopic (exact) mass is 332 g/mol. The van der Waals surface area contributed by atoms with E-state index in [-0.39, 0.29) is 23.5 Å². The van der Waals surface area contributed by atoms with E-state index >= 15 is 0 Å². The molecular formula is C13H17FN2O3S2. The number of nitrogens with two attached hydrogens (primary N) is 1. The largest absolute Gasteiger partial charge is 0.399 e. The lowest BCUT2D eigenvalue weighted by Crippen LogP contribution is -2.50. The number of halogens is 1. The molecule has 1 aromatic rings. The molecule has 0 bridgehead atoms. The first-order valence-electron chi connectivity index (χ1n) is 6.52. The van der Waals surface area contributed by atoms with E-state index in [0.717, 1.165) is 6.07 Å². The van der Waals surface area contributed by atoms with Crippen LogP contribution in [0.2, 0.25) is 0 Å². The maximum Gasteiger partial charge on any atom is 0.257 e. The van der Waals surface area contributed by atoms with Crippen LogP contribution in [0.15, 0.2) is 18.2 Å². The zero-order valence-corrected chi connectivity index (χ0v) is 13.2. The van der Waals surface area contributed by atoms with Crippen LogP contribution in [0.4, 0.5) is 10.1 Å². The Labute approximate surface area is 127 Å². The SMILES string of the molecule is CCS(=O)(=O)C1CSCCN1C(=O)c1ccc(N)cc1F. The Morgan fingerprint density at radius 1 is 1.52 bits per heavy atom. The van der Waals surface area contributed by atoms with Gasteiger partial charge in [-0.05, 0) is 18.2 Å². The van der Waals surface area contributed by atoms with Gasteiger partial charge in [0, 0.05) is 29.5 Å². The van der Waals surface area contributed by atoms with Gasteiger partial charge in [0.05, 0.1) is 5.56 Å². The van der Waals surface area contributed by atoms with Gasteiger partial charge < -0.3 is 10.6 Å². The molecule has 1 aromatic carbocycles. The van der Waals surface area contributed by atoms with E-state index in [1.807, 2.05) is 0 Å². The van der Waals surface area contributed by atoms with Crippen molar-refractivity contribution in [3.63, 3.8) is 0 Å². The molecule has 1 amide bonds. The molecule has 0 saturated carbocycles. The van der Waals surface area contributed by atoms with Gasteiger partial charge in [0.2, 0.25) is 0 Å². The number of carbonyl (C=O) groups is 1. The normalized spacial score (nSPS) is 19.5. The number of benzene rings is 1. The molecule has 21 heavy (non-hydrogen) atoms. The summed E-state index contributed by atoms with van der Waals surface area (Å²) in [6.45, 7) is 1.83. The summed E-state index contributed by atoms with van der Waals surface area (Å²) in [5.74, 6) is -0.427. The van der Waals surface area contributed by atoms with Crippen molar-refractivity contribution in [2.75, 3.05) is 29.5 Å². The number of hydrogen-bond acceptors (Lipinski definition) is 5. The second-order valence-electron chi connectivity index (χ2n) is 4.72. The smallest absolute Gasteiger partial charge is 0.257 e. The molecule has 2 rings (SSSR count). The van der Waals surface area contributed by atoms with Crippen molar-refractivity contribution in [2.24, 2.45) is 0 Å². The van der Waals surface area contributed by atoms with Crippen LogP contribution >= 0.6 is 11.8 Å². The van der Waals surface area contributed by atoms with Crippen LogP contribution in [0.25, 0.3) is 0 Å². The minimum atomic E-state index is -3.41. The highest BCUT2D eigenvalue weighted by Gasteiger charge is 2.36. The molecule has 1 fully saturated rings. The van der Waals surface area contributed by atoms with Gasteiger partial charge in [-0.3, -0.25) is 4.79 Å². The first-order chi connectivity index (χ1) is 9.86. The molecule has 1 heterocycles. The number of rotatable bonds is 3.